The Balaban J connectivity index is 2.38. The van der Waals surface area contributed by atoms with Crippen molar-refractivity contribution in [1.29, 1.82) is 0 Å². The maximum Gasteiger partial charge on any atom is 0.223 e. The lowest BCUT2D eigenvalue weighted by Crippen LogP contribution is -2.03. The van der Waals surface area contributed by atoms with Crippen LogP contribution >= 0.6 is 11.3 Å². The van der Waals surface area contributed by atoms with Crippen LogP contribution in [0.3, 0.4) is 0 Å². The van der Waals surface area contributed by atoms with Gasteiger partial charge in [0.15, 0.2) is 5.82 Å². The molecule has 0 bridgehead atoms. The molecule has 80 valence electrons. The highest BCUT2D eigenvalue weighted by Crippen LogP contribution is 2.27. The van der Waals surface area contributed by atoms with E-state index in [1.807, 2.05) is 19.2 Å². The third-order valence-electron chi connectivity index (χ3n) is 2.23. The zero-order valence-electron chi connectivity index (χ0n) is 8.58. The van der Waals surface area contributed by atoms with Gasteiger partial charge in [-0.3, -0.25) is 0 Å². The third-order valence-corrected chi connectivity index (χ3v) is 3.18. The van der Waals surface area contributed by atoms with Gasteiger partial charge in [0.25, 0.3) is 0 Å². The second-order valence-corrected chi connectivity index (χ2v) is 4.67. The summed E-state index contributed by atoms with van der Waals surface area (Å²) in [6, 6.07) is 3.90. The van der Waals surface area contributed by atoms with E-state index in [0.717, 1.165) is 16.0 Å². The molecule has 0 radical (unpaired) electrons. The van der Waals surface area contributed by atoms with Crippen molar-refractivity contribution >= 4 is 27.5 Å². The SMILES string of the molecule is Cc1cc2c(-n3cccn3)nc(N)nc2s1. The molecule has 0 atom stereocenters. The van der Waals surface area contributed by atoms with Gasteiger partial charge < -0.3 is 5.73 Å². The van der Waals surface area contributed by atoms with Gasteiger partial charge in [-0.1, -0.05) is 0 Å². The van der Waals surface area contributed by atoms with E-state index in [1.54, 1.807) is 22.2 Å². The van der Waals surface area contributed by atoms with Crippen molar-refractivity contribution in [3.05, 3.63) is 29.4 Å². The van der Waals surface area contributed by atoms with Crippen molar-refractivity contribution in [2.75, 3.05) is 5.73 Å². The van der Waals surface area contributed by atoms with Crippen LogP contribution in [-0.4, -0.2) is 19.7 Å². The van der Waals surface area contributed by atoms with Gasteiger partial charge in [-0.05, 0) is 19.1 Å². The van der Waals surface area contributed by atoms with Crippen LogP contribution in [0.4, 0.5) is 5.95 Å². The van der Waals surface area contributed by atoms with Gasteiger partial charge in [0.1, 0.15) is 4.83 Å². The first-order valence-corrected chi connectivity index (χ1v) is 5.59. The zero-order chi connectivity index (χ0) is 11.1. The molecule has 0 aliphatic heterocycles. The van der Waals surface area contributed by atoms with Gasteiger partial charge in [0, 0.05) is 17.3 Å². The zero-order valence-corrected chi connectivity index (χ0v) is 9.40. The van der Waals surface area contributed by atoms with Gasteiger partial charge in [-0.25, -0.2) is 9.67 Å². The fraction of sp³-hybridized carbons (Fsp3) is 0.100. The number of aryl methyl sites for hydroxylation is 1. The molecule has 0 aliphatic carbocycles. The van der Waals surface area contributed by atoms with Crippen molar-refractivity contribution in [2.24, 2.45) is 0 Å². The molecule has 0 amide bonds. The fourth-order valence-corrected chi connectivity index (χ4v) is 2.49. The number of anilines is 1. The van der Waals surface area contributed by atoms with E-state index < -0.39 is 0 Å². The highest BCUT2D eigenvalue weighted by atomic mass is 32.1. The van der Waals surface area contributed by atoms with Crippen molar-refractivity contribution in [1.82, 2.24) is 19.7 Å². The monoisotopic (exact) mass is 231 g/mol. The van der Waals surface area contributed by atoms with Crippen LogP contribution in [-0.2, 0) is 0 Å². The number of fused-ring (bicyclic) bond motifs is 1. The van der Waals surface area contributed by atoms with E-state index in [-0.39, 0.29) is 5.95 Å². The summed E-state index contributed by atoms with van der Waals surface area (Å²) >= 11 is 1.61. The van der Waals surface area contributed by atoms with Crippen LogP contribution in [0.25, 0.3) is 16.0 Å². The number of nitrogens with two attached hydrogens (primary N) is 1. The maximum absolute atomic E-state index is 5.68. The van der Waals surface area contributed by atoms with E-state index in [1.165, 1.54) is 4.88 Å². The summed E-state index contributed by atoms with van der Waals surface area (Å²) in [5.41, 5.74) is 5.68. The lowest BCUT2D eigenvalue weighted by molar-refractivity contribution is 0.854. The topological polar surface area (TPSA) is 69.6 Å². The summed E-state index contributed by atoms with van der Waals surface area (Å²) in [5, 5.41) is 5.15. The van der Waals surface area contributed by atoms with Gasteiger partial charge in [0.2, 0.25) is 5.95 Å². The summed E-state index contributed by atoms with van der Waals surface area (Å²) in [6.45, 7) is 2.04. The third kappa shape index (κ3) is 1.35. The summed E-state index contributed by atoms with van der Waals surface area (Å²) in [4.78, 5) is 10.5. The first-order valence-electron chi connectivity index (χ1n) is 4.78. The molecule has 0 saturated carbocycles. The summed E-state index contributed by atoms with van der Waals surface area (Å²) in [7, 11) is 0. The average molecular weight is 231 g/mol. The van der Waals surface area contributed by atoms with Crippen LogP contribution in [0, 0.1) is 6.92 Å². The van der Waals surface area contributed by atoms with Crippen molar-refractivity contribution in [3.63, 3.8) is 0 Å². The number of hydrogen-bond acceptors (Lipinski definition) is 5. The molecule has 0 aliphatic rings. The average Bonchev–Trinajstić information content (AvgIpc) is 2.83. The summed E-state index contributed by atoms with van der Waals surface area (Å²) in [5.74, 6) is 1.01. The predicted molar refractivity (Wildman–Crippen MR) is 63.7 cm³/mol. The molecular formula is C10H9N5S. The molecule has 2 N–H and O–H groups in total. The normalized spacial score (nSPS) is 11.1. The van der Waals surface area contributed by atoms with Crippen molar-refractivity contribution < 1.29 is 0 Å². The minimum Gasteiger partial charge on any atom is -0.368 e. The van der Waals surface area contributed by atoms with E-state index in [4.69, 9.17) is 5.73 Å². The number of rotatable bonds is 1. The Hall–Kier alpha value is -1.95. The minimum absolute atomic E-state index is 0.278. The molecule has 6 heteroatoms. The van der Waals surface area contributed by atoms with Crippen LogP contribution in [0.2, 0.25) is 0 Å². The highest BCUT2D eigenvalue weighted by Gasteiger charge is 2.10. The van der Waals surface area contributed by atoms with Crippen molar-refractivity contribution in [2.45, 2.75) is 6.92 Å². The molecule has 0 aromatic carbocycles. The molecule has 16 heavy (non-hydrogen) atoms. The van der Waals surface area contributed by atoms with Crippen molar-refractivity contribution in [3.8, 4) is 5.82 Å². The Morgan fingerprint density at radius 3 is 3.00 bits per heavy atom. The number of thiophene rings is 1. The second-order valence-electron chi connectivity index (χ2n) is 3.43. The minimum atomic E-state index is 0.278. The lowest BCUT2D eigenvalue weighted by atomic mass is 10.3. The predicted octanol–water partition coefficient (Wildman–Crippen LogP) is 1.77. The van der Waals surface area contributed by atoms with Crippen LogP contribution in [0.15, 0.2) is 24.5 Å². The Morgan fingerprint density at radius 2 is 2.25 bits per heavy atom. The van der Waals surface area contributed by atoms with E-state index in [9.17, 15) is 0 Å². The smallest absolute Gasteiger partial charge is 0.223 e. The maximum atomic E-state index is 5.68. The Kier molecular flexibility index (Phi) is 1.90. The first kappa shape index (κ1) is 9.29. The first-order chi connectivity index (χ1) is 7.74. The molecule has 0 spiro atoms. The standard InChI is InChI=1S/C10H9N5S/c1-6-5-7-8(15-4-2-3-12-15)13-10(11)14-9(7)16-6/h2-5H,1H3,(H2,11,13,14). The van der Waals surface area contributed by atoms with Crippen LogP contribution < -0.4 is 5.73 Å². The Labute approximate surface area is 95.6 Å². The largest absolute Gasteiger partial charge is 0.368 e. The van der Waals surface area contributed by atoms with Crippen LogP contribution in [0.1, 0.15) is 4.88 Å². The van der Waals surface area contributed by atoms with E-state index in [2.05, 4.69) is 21.1 Å². The van der Waals surface area contributed by atoms with Gasteiger partial charge >= 0.3 is 0 Å². The number of nitrogens with zero attached hydrogens (tertiary/aromatic N) is 4. The molecule has 5 nitrogen and oxygen atoms in total. The molecule has 0 fully saturated rings. The summed E-state index contributed by atoms with van der Waals surface area (Å²) < 4.78 is 1.70. The molecule has 3 heterocycles. The molecule has 0 unspecified atom stereocenters. The Morgan fingerprint density at radius 1 is 1.38 bits per heavy atom. The van der Waals surface area contributed by atoms with Gasteiger partial charge in [-0.15, -0.1) is 11.3 Å². The lowest BCUT2D eigenvalue weighted by Gasteiger charge is -2.02. The molecule has 3 aromatic rings. The van der Waals surface area contributed by atoms with E-state index in [0.29, 0.717) is 0 Å². The Bertz CT molecular complexity index is 641. The molecule has 3 rings (SSSR count). The number of hydrogen-bond donors (Lipinski definition) is 1. The van der Waals surface area contributed by atoms with E-state index >= 15 is 0 Å². The second kappa shape index (κ2) is 3.28. The fourth-order valence-electron chi connectivity index (χ4n) is 1.61. The number of aromatic nitrogens is 4. The van der Waals surface area contributed by atoms with Crippen LogP contribution in [0.5, 0.6) is 0 Å². The quantitative estimate of drug-likeness (QED) is 0.693. The van der Waals surface area contributed by atoms with Gasteiger partial charge in [-0.2, -0.15) is 10.1 Å². The molecule has 3 aromatic heterocycles. The molecular weight excluding hydrogens is 222 g/mol. The van der Waals surface area contributed by atoms with Gasteiger partial charge in [0.05, 0.1) is 5.39 Å². The highest BCUT2D eigenvalue weighted by molar-refractivity contribution is 7.18. The molecule has 0 saturated heterocycles. The number of nitrogen functional groups attached to an aromatic ring is 1. The summed E-state index contributed by atoms with van der Waals surface area (Å²) in [6.07, 6.45) is 3.55.